The van der Waals surface area contributed by atoms with Gasteiger partial charge in [-0.3, -0.25) is 4.79 Å². The van der Waals surface area contributed by atoms with Gasteiger partial charge in [-0.15, -0.1) is 0 Å². The Morgan fingerprint density at radius 3 is 2.22 bits per heavy atom. The molecule has 1 aliphatic rings. The molecule has 1 fully saturated rings. The Kier molecular flexibility index (Phi) is 5.44. The van der Waals surface area contributed by atoms with E-state index in [4.69, 9.17) is 4.42 Å². The summed E-state index contributed by atoms with van der Waals surface area (Å²) < 4.78 is 34.1. The molecule has 1 aliphatic heterocycles. The predicted octanol–water partition coefficient (Wildman–Crippen LogP) is 3.10. The summed E-state index contributed by atoms with van der Waals surface area (Å²) in [5.41, 5.74) is 3.52. The number of nitrogens with one attached hydrogen (secondary N) is 1. The second-order valence-electron chi connectivity index (χ2n) is 7.25. The number of amides is 1. The maximum Gasteiger partial charge on any atom is 0.289 e. The first kappa shape index (κ1) is 19.6. The molecule has 0 saturated carbocycles. The number of furan rings is 1. The van der Waals surface area contributed by atoms with Gasteiger partial charge in [-0.05, 0) is 74.9 Å². The minimum Gasteiger partial charge on any atom is -0.459 e. The van der Waals surface area contributed by atoms with Crippen LogP contribution in [0.1, 0.15) is 45.7 Å². The fourth-order valence-electron chi connectivity index (χ4n) is 3.62. The number of hydrogen-bond acceptors (Lipinski definition) is 4. The zero-order valence-corrected chi connectivity index (χ0v) is 17.0. The summed E-state index contributed by atoms with van der Waals surface area (Å²) in [7, 11) is -3.62. The lowest BCUT2D eigenvalue weighted by Crippen LogP contribution is -2.46. The van der Waals surface area contributed by atoms with Gasteiger partial charge >= 0.3 is 0 Å². The summed E-state index contributed by atoms with van der Waals surface area (Å²) in [5, 5.41) is 0. The largest absolute Gasteiger partial charge is 0.459 e. The van der Waals surface area contributed by atoms with Crippen molar-refractivity contribution < 1.29 is 17.6 Å². The lowest BCUT2D eigenvalue weighted by molar-refractivity contribution is 0.0679. The number of hydrogen-bond donors (Lipinski definition) is 1. The quantitative estimate of drug-likeness (QED) is 0.870. The maximum atomic E-state index is 13.0. The van der Waals surface area contributed by atoms with Crippen molar-refractivity contribution in [2.45, 2.75) is 51.5 Å². The zero-order valence-electron chi connectivity index (χ0n) is 16.2. The fraction of sp³-hybridized carbons (Fsp3) is 0.450. The smallest absolute Gasteiger partial charge is 0.289 e. The molecule has 6 nitrogen and oxygen atoms in total. The number of rotatable bonds is 4. The summed E-state index contributed by atoms with van der Waals surface area (Å²) in [4.78, 5) is 14.4. The van der Waals surface area contributed by atoms with Crippen LogP contribution in [-0.2, 0) is 10.0 Å². The Morgan fingerprint density at radius 2 is 1.70 bits per heavy atom. The van der Waals surface area contributed by atoms with E-state index in [1.807, 2.05) is 33.8 Å². The van der Waals surface area contributed by atoms with Gasteiger partial charge in [0, 0.05) is 19.1 Å². The second kappa shape index (κ2) is 7.48. The molecule has 1 saturated heterocycles. The third-order valence-electron chi connectivity index (χ3n) is 5.40. The van der Waals surface area contributed by atoms with Crippen LogP contribution in [0, 0.1) is 27.7 Å². The first-order valence-electron chi connectivity index (χ1n) is 9.13. The monoisotopic (exact) mass is 390 g/mol. The molecule has 146 valence electrons. The number of carbonyl (C=O) groups excluding carboxylic acids is 1. The zero-order chi connectivity index (χ0) is 19.8. The van der Waals surface area contributed by atoms with E-state index in [-0.39, 0.29) is 11.9 Å². The van der Waals surface area contributed by atoms with Gasteiger partial charge in [-0.25, -0.2) is 13.1 Å². The van der Waals surface area contributed by atoms with Crippen LogP contribution in [0.2, 0.25) is 0 Å². The molecular formula is C20H26N2O4S. The van der Waals surface area contributed by atoms with Crippen LogP contribution < -0.4 is 4.72 Å². The van der Waals surface area contributed by atoms with Gasteiger partial charge < -0.3 is 9.32 Å². The van der Waals surface area contributed by atoms with Gasteiger partial charge in [0.05, 0.1) is 11.2 Å². The van der Waals surface area contributed by atoms with E-state index < -0.39 is 10.0 Å². The van der Waals surface area contributed by atoms with Gasteiger partial charge in [0.15, 0.2) is 5.76 Å². The molecule has 0 bridgehead atoms. The Bertz CT molecular complexity index is 915. The van der Waals surface area contributed by atoms with E-state index in [9.17, 15) is 13.2 Å². The van der Waals surface area contributed by atoms with Crippen molar-refractivity contribution in [2.75, 3.05) is 13.1 Å². The van der Waals surface area contributed by atoms with Crippen LogP contribution in [0.3, 0.4) is 0 Å². The summed E-state index contributed by atoms with van der Waals surface area (Å²) in [6, 6.07) is 5.16. The summed E-state index contributed by atoms with van der Waals surface area (Å²) in [5.74, 6) is 0.165. The number of benzene rings is 1. The van der Waals surface area contributed by atoms with Crippen molar-refractivity contribution in [1.82, 2.24) is 9.62 Å². The van der Waals surface area contributed by atoms with Gasteiger partial charge in [0.25, 0.3) is 5.91 Å². The Hall–Kier alpha value is -2.12. The van der Waals surface area contributed by atoms with E-state index in [2.05, 4.69) is 4.72 Å². The molecule has 0 spiro atoms. The first-order chi connectivity index (χ1) is 12.7. The van der Waals surface area contributed by atoms with Crippen LogP contribution >= 0.6 is 0 Å². The highest BCUT2D eigenvalue weighted by Crippen LogP contribution is 2.27. The molecule has 2 aromatic rings. The normalized spacial score (nSPS) is 15.9. The third kappa shape index (κ3) is 3.94. The summed E-state index contributed by atoms with van der Waals surface area (Å²) in [6.07, 6.45) is 2.63. The lowest BCUT2D eigenvalue weighted by Gasteiger charge is -2.32. The number of sulfonamides is 1. The van der Waals surface area contributed by atoms with Gasteiger partial charge in [-0.2, -0.15) is 0 Å². The van der Waals surface area contributed by atoms with Gasteiger partial charge in [-0.1, -0.05) is 6.07 Å². The molecule has 0 unspecified atom stereocenters. The Labute approximate surface area is 160 Å². The molecule has 7 heteroatoms. The molecule has 1 aromatic carbocycles. The first-order valence-corrected chi connectivity index (χ1v) is 10.6. The van der Waals surface area contributed by atoms with Crippen LogP contribution in [0.5, 0.6) is 0 Å². The molecule has 0 atom stereocenters. The third-order valence-corrected chi connectivity index (χ3v) is 7.20. The van der Waals surface area contributed by atoms with Crippen LogP contribution in [0.25, 0.3) is 0 Å². The minimum atomic E-state index is -3.62. The average molecular weight is 391 g/mol. The van der Waals surface area contributed by atoms with Crippen molar-refractivity contribution >= 4 is 15.9 Å². The average Bonchev–Trinajstić information content (AvgIpc) is 3.14. The van der Waals surface area contributed by atoms with Crippen molar-refractivity contribution in [3.63, 3.8) is 0 Å². The standard InChI is InChI=1S/C20H26N2O4S/c1-13-12-14(2)16(4)19(15(13)3)27(24,25)21-17-7-9-22(10-8-17)20(23)18-6-5-11-26-18/h5-6,11-12,17,21H,7-10H2,1-4H3. The van der Waals surface area contributed by atoms with E-state index in [0.717, 1.165) is 22.3 Å². The van der Waals surface area contributed by atoms with Gasteiger partial charge in [0.1, 0.15) is 0 Å². The SMILES string of the molecule is Cc1cc(C)c(C)c(S(=O)(=O)NC2CCN(C(=O)c3ccco3)CC2)c1C. The second-order valence-corrected chi connectivity index (χ2v) is 8.91. The molecule has 1 aromatic heterocycles. The maximum absolute atomic E-state index is 13.0. The van der Waals surface area contributed by atoms with E-state index in [0.29, 0.717) is 36.6 Å². The summed E-state index contributed by atoms with van der Waals surface area (Å²) in [6.45, 7) is 8.55. The van der Waals surface area contributed by atoms with Crippen LogP contribution in [0.15, 0.2) is 33.8 Å². The number of piperidine rings is 1. The van der Waals surface area contributed by atoms with Gasteiger partial charge in [0.2, 0.25) is 10.0 Å². The topological polar surface area (TPSA) is 79.6 Å². The van der Waals surface area contributed by atoms with Crippen molar-refractivity contribution in [1.29, 1.82) is 0 Å². The fourth-order valence-corrected chi connectivity index (χ4v) is 5.54. The van der Waals surface area contributed by atoms with Crippen LogP contribution in [-0.4, -0.2) is 38.4 Å². The van der Waals surface area contributed by atoms with E-state index in [1.54, 1.807) is 17.0 Å². The molecular weight excluding hydrogens is 364 g/mol. The molecule has 0 radical (unpaired) electrons. The van der Waals surface area contributed by atoms with E-state index in [1.165, 1.54) is 6.26 Å². The Balaban J connectivity index is 1.71. The number of aryl methyl sites for hydroxylation is 2. The van der Waals surface area contributed by atoms with E-state index >= 15 is 0 Å². The molecule has 27 heavy (non-hydrogen) atoms. The van der Waals surface area contributed by atoms with Crippen molar-refractivity contribution in [2.24, 2.45) is 0 Å². The highest BCUT2D eigenvalue weighted by atomic mass is 32.2. The molecule has 1 N–H and O–H groups in total. The lowest BCUT2D eigenvalue weighted by atomic mass is 10.0. The highest BCUT2D eigenvalue weighted by Gasteiger charge is 2.29. The predicted molar refractivity (Wildman–Crippen MR) is 103 cm³/mol. The van der Waals surface area contributed by atoms with Crippen LogP contribution in [0.4, 0.5) is 0 Å². The van der Waals surface area contributed by atoms with Crippen molar-refractivity contribution in [3.05, 3.63) is 52.5 Å². The molecule has 2 heterocycles. The molecule has 3 rings (SSSR count). The minimum absolute atomic E-state index is 0.151. The number of likely N-dealkylation sites (tertiary alicyclic amines) is 1. The van der Waals surface area contributed by atoms with Crippen molar-refractivity contribution in [3.8, 4) is 0 Å². The Morgan fingerprint density at radius 1 is 1.11 bits per heavy atom. The summed E-state index contributed by atoms with van der Waals surface area (Å²) >= 11 is 0. The number of nitrogens with zero attached hydrogens (tertiary/aromatic N) is 1. The molecule has 0 aliphatic carbocycles. The highest BCUT2D eigenvalue weighted by molar-refractivity contribution is 7.89. The number of carbonyl (C=O) groups is 1. The molecule has 1 amide bonds.